The quantitative estimate of drug-likeness (QED) is 0.900. The van der Waals surface area contributed by atoms with Gasteiger partial charge in [-0.05, 0) is 25.8 Å². The van der Waals surface area contributed by atoms with Crippen molar-refractivity contribution in [1.29, 1.82) is 0 Å². The van der Waals surface area contributed by atoms with E-state index in [1.165, 1.54) is 5.56 Å². The molecule has 0 fully saturated rings. The number of hydrogen-bond acceptors (Lipinski definition) is 3. The summed E-state index contributed by atoms with van der Waals surface area (Å²) in [6.07, 6.45) is 1.70. The van der Waals surface area contributed by atoms with Gasteiger partial charge in [-0.15, -0.1) is 0 Å². The van der Waals surface area contributed by atoms with Crippen molar-refractivity contribution >= 4 is 0 Å². The number of rotatable bonds is 3. The highest BCUT2D eigenvalue weighted by Crippen LogP contribution is 2.19. The Hall–Kier alpha value is -1.97. The standard InChI is InChI=1S/C14H17N3O/c1-4-5-12-15-13(17-14(18)16-12)11-7-6-9(2)8-10(11)3/h6-8H,4-5H2,1-3H3,(H,15,16,17,18). The van der Waals surface area contributed by atoms with Crippen LogP contribution in [0.15, 0.2) is 23.0 Å². The Bertz CT molecular complexity index is 617. The van der Waals surface area contributed by atoms with Gasteiger partial charge in [-0.3, -0.25) is 4.98 Å². The van der Waals surface area contributed by atoms with Crippen molar-refractivity contribution in [2.45, 2.75) is 33.6 Å². The SMILES string of the molecule is CCCc1nc(-c2ccc(C)cc2C)nc(=O)[nH]1. The zero-order chi connectivity index (χ0) is 13.1. The first kappa shape index (κ1) is 12.5. The van der Waals surface area contributed by atoms with Crippen LogP contribution in [0, 0.1) is 13.8 Å². The van der Waals surface area contributed by atoms with E-state index in [-0.39, 0.29) is 5.69 Å². The van der Waals surface area contributed by atoms with Crippen LogP contribution in [0.3, 0.4) is 0 Å². The molecular formula is C14H17N3O. The van der Waals surface area contributed by atoms with Crippen molar-refractivity contribution in [2.75, 3.05) is 0 Å². The van der Waals surface area contributed by atoms with Gasteiger partial charge in [-0.25, -0.2) is 9.78 Å². The van der Waals surface area contributed by atoms with Crippen molar-refractivity contribution in [1.82, 2.24) is 15.0 Å². The maximum atomic E-state index is 11.5. The summed E-state index contributed by atoms with van der Waals surface area (Å²) < 4.78 is 0. The molecule has 1 N–H and O–H groups in total. The molecule has 0 saturated heterocycles. The van der Waals surface area contributed by atoms with E-state index in [1.807, 2.05) is 26.0 Å². The smallest absolute Gasteiger partial charge is 0.294 e. The zero-order valence-electron chi connectivity index (χ0n) is 10.9. The Kier molecular flexibility index (Phi) is 3.55. The predicted octanol–water partition coefficient (Wildman–Crippen LogP) is 2.40. The van der Waals surface area contributed by atoms with Crippen LogP contribution in [0.25, 0.3) is 11.4 Å². The molecule has 4 nitrogen and oxygen atoms in total. The minimum absolute atomic E-state index is 0.330. The van der Waals surface area contributed by atoms with E-state index in [9.17, 15) is 4.79 Å². The summed E-state index contributed by atoms with van der Waals surface area (Å²) in [6.45, 7) is 6.10. The van der Waals surface area contributed by atoms with E-state index >= 15 is 0 Å². The van der Waals surface area contributed by atoms with Crippen molar-refractivity contribution in [3.63, 3.8) is 0 Å². The van der Waals surface area contributed by atoms with Crippen LogP contribution in [0.5, 0.6) is 0 Å². The van der Waals surface area contributed by atoms with Crippen LogP contribution >= 0.6 is 0 Å². The highest BCUT2D eigenvalue weighted by atomic mass is 16.1. The van der Waals surface area contributed by atoms with E-state index in [0.29, 0.717) is 11.6 Å². The number of hydrogen-bond donors (Lipinski definition) is 1. The molecule has 18 heavy (non-hydrogen) atoms. The highest BCUT2D eigenvalue weighted by Gasteiger charge is 2.08. The first-order valence-corrected chi connectivity index (χ1v) is 6.15. The lowest BCUT2D eigenvalue weighted by molar-refractivity contribution is 0.803. The molecule has 1 aromatic carbocycles. The maximum absolute atomic E-state index is 11.5. The van der Waals surface area contributed by atoms with Crippen LogP contribution in [0.2, 0.25) is 0 Å². The van der Waals surface area contributed by atoms with Crippen molar-refractivity contribution in [3.8, 4) is 11.4 Å². The third-order valence-corrected chi connectivity index (χ3v) is 2.81. The summed E-state index contributed by atoms with van der Waals surface area (Å²) in [7, 11) is 0. The second-order valence-corrected chi connectivity index (χ2v) is 4.49. The van der Waals surface area contributed by atoms with Crippen LogP contribution < -0.4 is 5.69 Å². The number of benzene rings is 1. The number of aryl methyl sites for hydroxylation is 3. The summed E-state index contributed by atoms with van der Waals surface area (Å²) in [4.78, 5) is 22.6. The van der Waals surface area contributed by atoms with Crippen molar-refractivity contribution in [3.05, 3.63) is 45.6 Å². The molecule has 0 aliphatic rings. The molecule has 2 rings (SSSR count). The molecule has 0 amide bonds. The summed E-state index contributed by atoms with van der Waals surface area (Å²) in [5, 5.41) is 0. The van der Waals surface area contributed by atoms with Crippen LogP contribution in [-0.4, -0.2) is 15.0 Å². The van der Waals surface area contributed by atoms with E-state index in [4.69, 9.17) is 0 Å². The van der Waals surface area contributed by atoms with Gasteiger partial charge in [0.1, 0.15) is 5.82 Å². The molecule has 0 atom stereocenters. The summed E-state index contributed by atoms with van der Waals surface area (Å²) in [5.41, 5.74) is 2.87. The average Bonchev–Trinajstić information content (AvgIpc) is 2.28. The van der Waals surface area contributed by atoms with Gasteiger partial charge in [0.05, 0.1) is 0 Å². The van der Waals surface area contributed by atoms with Gasteiger partial charge in [-0.1, -0.05) is 30.7 Å². The molecule has 4 heteroatoms. The van der Waals surface area contributed by atoms with Gasteiger partial charge in [-0.2, -0.15) is 4.98 Å². The molecule has 0 saturated carbocycles. The summed E-state index contributed by atoms with van der Waals surface area (Å²) in [5.74, 6) is 1.21. The molecule has 0 bridgehead atoms. The minimum atomic E-state index is -0.330. The maximum Gasteiger partial charge on any atom is 0.348 e. The normalized spacial score (nSPS) is 10.6. The Balaban J connectivity index is 2.53. The molecule has 0 unspecified atom stereocenters. The molecule has 94 valence electrons. The van der Waals surface area contributed by atoms with Gasteiger partial charge >= 0.3 is 5.69 Å². The number of nitrogens with zero attached hydrogens (tertiary/aromatic N) is 2. The van der Waals surface area contributed by atoms with Crippen LogP contribution in [0.1, 0.15) is 30.3 Å². The predicted molar refractivity (Wildman–Crippen MR) is 71.6 cm³/mol. The zero-order valence-corrected chi connectivity index (χ0v) is 10.9. The number of H-pyrrole nitrogens is 1. The molecule has 2 aromatic rings. The third-order valence-electron chi connectivity index (χ3n) is 2.81. The van der Waals surface area contributed by atoms with Gasteiger partial charge in [0.25, 0.3) is 0 Å². The lowest BCUT2D eigenvalue weighted by Crippen LogP contribution is -2.16. The van der Waals surface area contributed by atoms with Crippen molar-refractivity contribution in [2.24, 2.45) is 0 Å². The monoisotopic (exact) mass is 243 g/mol. The molecule has 1 heterocycles. The fourth-order valence-corrected chi connectivity index (χ4v) is 1.97. The Morgan fingerprint density at radius 3 is 2.67 bits per heavy atom. The summed E-state index contributed by atoms with van der Waals surface area (Å²) in [6, 6.07) is 6.04. The fraction of sp³-hybridized carbons (Fsp3) is 0.357. The Morgan fingerprint density at radius 2 is 2.00 bits per heavy atom. The molecule has 1 aromatic heterocycles. The minimum Gasteiger partial charge on any atom is -0.294 e. The van der Waals surface area contributed by atoms with E-state index in [1.54, 1.807) is 0 Å². The molecule has 0 aliphatic heterocycles. The Morgan fingerprint density at radius 1 is 1.22 bits per heavy atom. The van der Waals surface area contributed by atoms with Gasteiger partial charge in [0, 0.05) is 12.0 Å². The fourth-order valence-electron chi connectivity index (χ4n) is 1.97. The highest BCUT2D eigenvalue weighted by molar-refractivity contribution is 5.60. The Labute approximate surface area is 106 Å². The number of aromatic nitrogens is 3. The van der Waals surface area contributed by atoms with E-state index < -0.39 is 0 Å². The van der Waals surface area contributed by atoms with E-state index in [0.717, 1.165) is 24.0 Å². The first-order valence-electron chi connectivity index (χ1n) is 6.15. The second-order valence-electron chi connectivity index (χ2n) is 4.49. The topological polar surface area (TPSA) is 58.6 Å². The van der Waals surface area contributed by atoms with Crippen LogP contribution in [0.4, 0.5) is 0 Å². The molecular weight excluding hydrogens is 226 g/mol. The van der Waals surface area contributed by atoms with Gasteiger partial charge in [0.2, 0.25) is 0 Å². The average molecular weight is 243 g/mol. The number of nitrogens with one attached hydrogen (secondary N) is 1. The molecule has 0 spiro atoms. The lowest BCUT2D eigenvalue weighted by Gasteiger charge is -2.06. The molecule has 0 aliphatic carbocycles. The van der Waals surface area contributed by atoms with Gasteiger partial charge < -0.3 is 0 Å². The van der Waals surface area contributed by atoms with Crippen molar-refractivity contribution < 1.29 is 0 Å². The lowest BCUT2D eigenvalue weighted by atomic mass is 10.1. The summed E-state index contributed by atoms with van der Waals surface area (Å²) >= 11 is 0. The number of aromatic amines is 1. The van der Waals surface area contributed by atoms with Gasteiger partial charge in [0.15, 0.2) is 5.82 Å². The van der Waals surface area contributed by atoms with Crippen LogP contribution in [-0.2, 0) is 6.42 Å². The second kappa shape index (κ2) is 5.12. The first-order chi connectivity index (χ1) is 8.60. The third kappa shape index (κ3) is 2.64. The van der Waals surface area contributed by atoms with E-state index in [2.05, 4.69) is 27.9 Å². The molecule has 0 radical (unpaired) electrons. The largest absolute Gasteiger partial charge is 0.348 e.